The van der Waals surface area contributed by atoms with Gasteiger partial charge in [0.05, 0.1) is 27.3 Å². The Labute approximate surface area is 168 Å². The minimum atomic E-state index is -3.60. The number of aryl methyl sites for hydroxylation is 1. The fraction of sp³-hybridized carbons (Fsp3) is 0.235. The Bertz CT molecular complexity index is 1160. The topological polar surface area (TPSA) is 84.2 Å². The van der Waals surface area contributed by atoms with Gasteiger partial charge in [0.2, 0.25) is 15.6 Å². The van der Waals surface area contributed by atoms with Crippen LogP contribution < -0.4 is 10.0 Å². The molecule has 4 rings (SSSR count). The molecule has 0 amide bonds. The van der Waals surface area contributed by atoms with Gasteiger partial charge in [-0.05, 0) is 44.0 Å². The molecule has 1 aromatic heterocycles. The zero-order chi connectivity index (χ0) is 19.3. The summed E-state index contributed by atoms with van der Waals surface area (Å²) in [6, 6.07) is 6.55. The molecule has 0 radical (unpaired) electrons. The smallest absolute Gasteiger partial charge is 0.235 e. The number of hydrogen-bond donors (Lipinski definition) is 2. The van der Waals surface area contributed by atoms with Crippen LogP contribution in [0.15, 0.2) is 33.3 Å². The maximum atomic E-state index is 15.1. The van der Waals surface area contributed by atoms with Crippen molar-refractivity contribution in [3.8, 4) is 0 Å². The van der Waals surface area contributed by atoms with Crippen molar-refractivity contribution in [3.05, 3.63) is 45.3 Å². The maximum Gasteiger partial charge on any atom is 0.235 e. The molecule has 2 N–H and O–H groups in total. The van der Waals surface area contributed by atoms with Gasteiger partial charge in [0.1, 0.15) is 5.69 Å². The van der Waals surface area contributed by atoms with Crippen LogP contribution in [0.3, 0.4) is 0 Å². The summed E-state index contributed by atoms with van der Waals surface area (Å²) in [7, 11) is -3.60. The molecule has 0 unspecified atom stereocenters. The highest BCUT2D eigenvalue weighted by molar-refractivity contribution is 9.10. The highest BCUT2D eigenvalue weighted by Gasteiger charge is 2.36. The molecule has 3 aromatic rings. The number of halogens is 3. The predicted molar refractivity (Wildman–Crippen MR) is 107 cm³/mol. The van der Waals surface area contributed by atoms with Crippen LogP contribution in [0, 0.1) is 12.7 Å². The third-order valence-corrected chi connectivity index (χ3v) is 6.95. The first kappa shape index (κ1) is 18.5. The van der Waals surface area contributed by atoms with E-state index in [2.05, 4.69) is 31.1 Å². The molecule has 1 saturated carbocycles. The molecule has 0 aliphatic heterocycles. The van der Waals surface area contributed by atoms with Crippen molar-refractivity contribution in [2.24, 2.45) is 0 Å². The molecule has 0 saturated heterocycles. The van der Waals surface area contributed by atoms with E-state index < -0.39 is 21.1 Å². The predicted octanol–water partition coefficient (Wildman–Crippen LogP) is 5.34. The molecule has 0 spiro atoms. The Kier molecular flexibility index (Phi) is 4.56. The van der Waals surface area contributed by atoms with Crippen molar-refractivity contribution in [1.82, 2.24) is 5.16 Å². The normalized spacial score (nSPS) is 14.5. The number of fused-ring (bicyclic) bond motifs is 1. The third-order valence-electron chi connectivity index (χ3n) is 4.29. The van der Waals surface area contributed by atoms with Crippen molar-refractivity contribution in [1.29, 1.82) is 0 Å². The van der Waals surface area contributed by atoms with E-state index in [9.17, 15) is 8.42 Å². The second-order valence-corrected chi connectivity index (χ2v) is 9.64. The number of benzene rings is 2. The standard InChI is InChI=1S/C17H14BrClFN3O3S/c1-8-11-7-14(23-27(24,25)10-3-4-10)16(15(20)17(11)26-22-8)21-13-5-2-9(18)6-12(13)19/h2,5-7,10,21,23H,3-4H2,1H3. The lowest BCUT2D eigenvalue weighted by molar-refractivity contribution is 0.436. The van der Waals surface area contributed by atoms with E-state index in [1.807, 2.05) is 0 Å². The largest absolute Gasteiger partial charge is 0.353 e. The number of hydrogen-bond acceptors (Lipinski definition) is 5. The van der Waals surface area contributed by atoms with Gasteiger partial charge in [-0.1, -0.05) is 32.7 Å². The summed E-state index contributed by atoms with van der Waals surface area (Å²) in [4.78, 5) is 0. The van der Waals surface area contributed by atoms with E-state index in [0.29, 0.717) is 34.6 Å². The van der Waals surface area contributed by atoms with E-state index in [1.54, 1.807) is 25.1 Å². The summed E-state index contributed by atoms with van der Waals surface area (Å²) < 4.78 is 48.3. The third kappa shape index (κ3) is 3.51. The number of nitrogens with zero attached hydrogens (tertiary/aromatic N) is 1. The Morgan fingerprint density at radius 1 is 1.30 bits per heavy atom. The van der Waals surface area contributed by atoms with E-state index in [0.717, 1.165) is 4.47 Å². The molecule has 6 nitrogen and oxygen atoms in total. The second kappa shape index (κ2) is 6.65. The summed E-state index contributed by atoms with van der Waals surface area (Å²) in [5, 5.41) is 6.93. The van der Waals surface area contributed by atoms with E-state index in [-0.39, 0.29) is 17.0 Å². The highest BCUT2D eigenvalue weighted by atomic mass is 79.9. The van der Waals surface area contributed by atoms with Crippen LogP contribution in [-0.2, 0) is 10.0 Å². The molecule has 1 heterocycles. The van der Waals surface area contributed by atoms with Crippen LogP contribution in [0.2, 0.25) is 5.02 Å². The zero-order valence-electron chi connectivity index (χ0n) is 14.0. The van der Waals surface area contributed by atoms with Gasteiger partial charge in [0, 0.05) is 9.86 Å². The van der Waals surface area contributed by atoms with Gasteiger partial charge in [0.25, 0.3) is 0 Å². The number of nitrogens with one attached hydrogen (secondary N) is 2. The van der Waals surface area contributed by atoms with Crippen LogP contribution in [-0.4, -0.2) is 18.8 Å². The fourth-order valence-electron chi connectivity index (χ4n) is 2.70. The van der Waals surface area contributed by atoms with Gasteiger partial charge in [-0.2, -0.15) is 0 Å². The minimum Gasteiger partial charge on any atom is -0.353 e. The maximum absolute atomic E-state index is 15.1. The minimum absolute atomic E-state index is 0.0578. The molecule has 1 aliphatic rings. The quantitative estimate of drug-likeness (QED) is 0.521. The van der Waals surface area contributed by atoms with Crippen LogP contribution in [0.4, 0.5) is 21.5 Å². The van der Waals surface area contributed by atoms with Crippen molar-refractivity contribution in [2.75, 3.05) is 10.0 Å². The van der Waals surface area contributed by atoms with Crippen molar-refractivity contribution < 1.29 is 17.3 Å². The van der Waals surface area contributed by atoms with Crippen LogP contribution in [0.1, 0.15) is 18.5 Å². The molecule has 2 aromatic carbocycles. The van der Waals surface area contributed by atoms with E-state index >= 15 is 4.39 Å². The van der Waals surface area contributed by atoms with Crippen LogP contribution in [0.5, 0.6) is 0 Å². The van der Waals surface area contributed by atoms with Gasteiger partial charge in [-0.25, -0.2) is 12.8 Å². The highest BCUT2D eigenvalue weighted by Crippen LogP contribution is 2.40. The molecule has 10 heteroatoms. The van der Waals surface area contributed by atoms with E-state index in [4.69, 9.17) is 16.1 Å². The molecular formula is C17H14BrClFN3O3S. The Morgan fingerprint density at radius 3 is 2.70 bits per heavy atom. The molecular weight excluding hydrogens is 461 g/mol. The van der Waals surface area contributed by atoms with Gasteiger partial charge in [0.15, 0.2) is 5.82 Å². The van der Waals surface area contributed by atoms with Crippen LogP contribution >= 0.6 is 27.5 Å². The SMILES string of the molecule is Cc1noc2c(F)c(Nc3ccc(Br)cc3Cl)c(NS(=O)(=O)C3CC3)cc12. The van der Waals surface area contributed by atoms with Gasteiger partial charge >= 0.3 is 0 Å². The first-order valence-corrected chi connectivity index (χ1v) is 10.8. The lowest BCUT2D eigenvalue weighted by atomic mass is 10.1. The number of anilines is 3. The molecule has 1 fully saturated rings. The molecule has 27 heavy (non-hydrogen) atoms. The van der Waals surface area contributed by atoms with Crippen LogP contribution in [0.25, 0.3) is 11.0 Å². The molecule has 142 valence electrons. The molecule has 1 aliphatic carbocycles. The Balaban J connectivity index is 1.85. The zero-order valence-corrected chi connectivity index (χ0v) is 17.2. The van der Waals surface area contributed by atoms with Gasteiger partial charge in [-0.3, -0.25) is 4.72 Å². The lowest BCUT2D eigenvalue weighted by Gasteiger charge is -2.16. The van der Waals surface area contributed by atoms with Gasteiger partial charge < -0.3 is 9.84 Å². The summed E-state index contributed by atoms with van der Waals surface area (Å²) in [6.07, 6.45) is 1.18. The first-order chi connectivity index (χ1) is 12.8. The monoisotopic (exact) mass is 473 g/mol. The fourth-order valence-corrected chi connectivity index (χ4v) is 4.81. The summed E-state index contributed by atoms with van der Waals surface area (Å²) in [6.45, 7) is 1.66. The summed E-state index contributed by atoms with van der Waals surface area (Å²) >= 11 is 9.52. The van der Waals surface area contributed by atoms with E-state index in [1.165, 1.54) is 6.07 Å². The average Bonchev–Trinajstić information content (AvgIpc) is 3.39. The summed E-state index contributed by atoms with van der Waals surface area (Å²) in [5.41, 5.74) is 0.826. The second-order valence-electron chi connectivity index (χ2n) is 6.35. The Hall–Kier alpha value is -1.84. The van der Waals surface area contributed by atoms with Crippen molar-refractivity contribution in [2.45, 2.75) is 25.0 Å². The number of aromatic nitrogens is 1. The van der Waals surface area contributed by atoms with Gasteiger partial charge in [-0.15, -0.1) is 0 Å². The first-order valence-electron chi connectivity index (χ1n) is 8.08. The Morgan fingerprint density at radius 2 is 2.04 bits per heavy atom. The van der Waals surface area contributed by atoms with Crippen molar-refractivity contribution in [3.63, 3.8) is 0 Å². The average molecular weight is 475 g/mol. The summed E-state index contributed by atoms with van der Waals surface area (Å²) in [5.74, 6) is -0.749. The molecule has 0 atom stereocenters. The number of rotatable bonds is 5. The lowest BCUT2D eigenvalue weighted by Crippen LogP contribution is -2.18. The van der Waals surface area contributed by atoms with Crippen molar-refractivity contribution >= 4 is 65.6 Å². The number of sulfonamides is 1. The molecule has 0 bridgehead atoms.